The van der Waals surface area contributed by atoms with E-state index in [1.807, 2.05) is 0 Å². The first kappa shape index (κ1) is 16.3. The second kappa shape index (κ2) is 5.96. The van der Waals surface area contributed by atoms with Gasteiger partial charge in [-0.15, -0.1) is 0 Å². The molecule has 0 aromatic rings. The van der Waals surface area contributed by atoms with Gasteiger partial charge in [0, 0.05) is 6.04 Å². The van der Waals surface area contributed by atoms with Crippen molar-refractivity contribution >= 4 is 0 Å². The second-order valence-corrected chi connectivity index (χ2v) is 8.81. The van der Waals surface area contributed by atoms with Gasteiger partial charge in [0.05, 0.1) is 11.7 Å². The van der Waals surface area contributed by atoms with E-state index in [4.69, 9.17) is 4.74 Å². The Balaban J connectivity index is 1.96. The van der Waals surface area contributed by atoms with Crippen molar-refractivity contribution in [3.05, 3.63) is 0 Å². The van der Waals surface area contributed by atoms with Gasteiger partial charge in [-0.3, -0.25) is 0 Å². The zero-order valence-electron chi connectivity index (χ0n) is 14.5. The second-order valence-electron chi connectivity index (χ2n) is 8.81. The average molecular weight is 281 g/mol. The van der Waals surface area contributed by atoms with Gasteiger partial charge in [0.15, 0.2) is 0 Å². The predicted octanol–water partition coefficient (Wildman–Crippen LogP) is 4.38. The van der Waals surface area contributed by atoms with Gasteiger partial charge in [-0.05, 0) is 76.7 Å². The minimum Gasteiger partial charge on any atom is -0.372 e. The van der Waals surface area contributed by atoms with Gasteiger partial charge in [-0.2, -0.15) is 0 Å². The van der Waals surface area contributed by atoms with Gasteiger partial charge in [-0.25, -0.2) is 0 Å². The Labute approximate surface area is 126 Å². The molecule has 0 amide bonds. The van der Waals surface area contributed by atoms with Crippen LogP contribution in [0, 0.1) is 17.3 Å². The van der Waals surface area contributed by atoms with E-state index in [2.05, 4.69) is 47.0 Å². The standard InChI is InChI=1S/C18H35NO/c1-17(2,3)14-7-8-16(19-6)13(11-14)12-15-9-10-18(4,5)20-15/h13-16,19H,7-12H2,1-6H3. The monoisotopic (exact) mass is 281 g/mol. The summed E-state index contributed by atoms with van der Waals surface area (Å²) in [6.07, 6.45) is 8.29. The Kier molecular flexibility index (Phi) is 4.86. The molecule has 1 saturated heterocycles. The molecule has 1 heterocycles. The van der Waals surface area contributed by atoms with Crippen LogP contribution < -0.4 is 5.32 Å². The minimum atomic E-state index is 0.109. The van der Waals surface area contributed by atoms with E-state index in [1.54, 1.807) is 0 Å². The first-order valence-electron chi connectivity index (χ1n) is 8.56. The van der Waals surface area contributed by atoms with E-state index >= 15 is 0 Å². The number of nitrogens with one attached hydrogen (secondary N) is 1. The van der Waals surface area contributed by atoms with Gasteiger partial charge in [0.1, 0.15) is 0 Å². The molecule has 4 atom stereocenters. The highest BCUT2D eigenvalue weighted by Crippen LogP contribution is 2.43. The first-order chi connectivity index (χ1) is 9.21. The lowest BCUT2D eigenvalue weighted by Gasteiger charge is -2.42. The summed E-state index contributed by atoms with van der Waals surface area (Å²) in [4.78, 5) is 0. The molecule has 20 heavy (non-hydrogen) atoms. The molecule has 2 aliphatic rings. The third-order valence-corrected chi connectivity index (χ3v) is 5.70. The summed E-state index contributed by atoms with van der Waals surface area (Å²) in [5.74, 6) is 1.66. The Morgan fingerprint density at radius 3 is 2.35 bits per heavy atom. The number of hydrogen-bond acceptors (Lipinski definition) is 2. The van der Waals surface area contributed by atoms with E-state index < -0.39 is 0 Å². The molecule has 4 unspecified atom stereocenters. The van der Waals surface area contributed by atoms with Crippen LogP contribution in [-0.2, 0) is 4.74 Å². The van der Waals surface area contributed by atoms with Crippen molar-refractivity contribution in [1.29, 1.82) is 0 Å². The molecule has 0 spiro atoms. The highest BCUT2D eigenvalue weighted by molar-refractivity contribution is 4.91. The molecule has 1 N–H and O–H groups in total. The Hall–Kier alpha value is -0.0800. The van der Waals surface area contributed by atoms with Crippen LogP contribution in [0.5, 0.6) is 0 Å². The highest BCUT2D eigenvalue weighted by atomic mass is 16.5. The predicted molar refractivity (Wildman–Crippen MR) is 85.9 cm³/mol. The van der Waals surface area contributed by atoms with Gasteiger partial charge in [-0.1, -0.05) is 20.8 Å². The summed E-state index contributed by atoms with van der Waals surface area (Å²) in [5, 5.41) is 3.57. The van der Waals surface area contributed by atoms with Gasteiger partial charge in [0.2, 0.25) is 0 Å². The molecule has 0 aromatic carbocycles. The molecule has 2 rings (SSSR count). The largest absolute Gasteiger partial charge is 0.372 e. The van der Waals surface area contributed by atoms with Crippen LogP contribution in [0.1, 0.15) is 73.1 Å². The normalized spacial score (nSPS) is 38.1. The van der Waals surface area contributed by atoms with Crippen molar-refractivity contribution in [2.75, 3.05) is 7.05 Å². The van der Waals surface area contributed by atoms with Crippen LogP contribution in [0.25, 0.3) is 0 Å². The van der Waals surface area contributed by atoms with Crippen molar-refractivity contribution in [1.82, 2.24) is 5.32 Å². The van der Waals surface area contributed by atoms with Gasteiger partial charge in [0.25, 0.3) is 0 Å². The maximum Gasteiger partial charge on any atom is 0.0631 e. The molecule has 2 heteroatoms. The van der Waals surface area contributed by atoms with Gasteiger partial charge < -0.3 is 10.1 Å². The van der Waals surface area contributed by atoms with E-state index in [1.165, 1.54) is 38.5 Å². The fraction of sp³-hybridized carbons (Fsp3) is 1.00. The number of rotatable bonds is 3. The molecule has 1 aliphatic heterocycles. The van der Waals surface area contributed by atoms with Crippen molar-refractivity contribution in [3.63, 3.8) is 0 Å². The third kappa shape index (κ3) is 3.98. The van der Waals surface area contributed by atoms with Crippen molar-refractivity contribution < 1.29 is 4.74 Å². The summed E-state index contributed by atoms with van der Waals surface area (Å²) >= 11 is 0. The average Bonchev–Trinajstić information content (AvgIpc) is 2.67. The maximum atomic E-state index is 6.24. The van der Waals surface area contributed by atoms with E-state index in [-0.39, 0.29) is 5.60 Å². The van der Waals surface area contributed by atoms with Crippen molar-refractivity contribution in [3.8, 4) is 0 Å². The maximum absolute atomic E-state index is 6.24. The molecular formula is C18H35NO. The Morgan fingerprint density at radius 2 is 1.85 bits per heavy atom. The zero-order chi connectivity index (χ0) is 15.0. The number of hydrogen-bond donors (Lipinski definition) is 1. The molecule has 0 bridgehead atoms. The lowest BCUT2D eigenvalue weighted by atomic mass is 9.66. The molecule has 0 radical (unpaired) electrons. The quantitative estimate of drug-likeness (QED) is 0.828. The SMILES string of the molecule is CNC1CCC(C(C)(C)C)CC1CC1CCC(C)(C)O1. The van der Waals surface area contributed by atoms with E-state index in [9.17, 15) is 0 Å². The smallest absolute Gasteiger partial charge is 0.0631 e. The topological polar surface area (TPSA) is 21.3 Å². The molecule has 0 aromatic heterocycles. The summed E-state index contributed by atoms with van der Waals surface area (Å²) in [7, 11) is 2.13. The van der Waals surface area contributed by atoms with Crippen LogP contribution in [0.2, 0.25) is 0 Å². The number of ether oxygens (including phenoxy) is 1. The third-order valence-electron chi connectivity index (χ3n) is 5.70. The first-order valence-corrected chi connectivity index (χ1v) is 8.56. The van der Waals surface area contributed by atoms with Crippen molar-refractivity contribution in [2.45, 2.75) is 90.9 Å². The summed E-state index contributed by atoms with van der Waals surface area (Å²) in [5.41, 5.74) is 0.560. The van der Waals surface area contributed by atoms with E-state index in [0.717, 1.165) is 11.8 Å². The summed E-state index contributed by atoms with van der Waals surface area (Å²) in [6.45, 7) is 11.7. The fourth-order valence-electron chi connectivity index (χ4n) is 4.27. The summed E-state index contributed by atoms with van der Waals surface area (Å²) < 4.78 is 6.24. The molecule has 1 aliphatic carbocycles. The molecule has 1 saturated carbocycles. The molecular weight excluding hydrogens is 246 g/mol. The van der Waals surface area contributed by atoms with Crippen LogP contribution in [-0.4, -0.2) is 24.8 Å². The molecule has 118 valence electrons. The minimum absolute atomic E-state index is 0.109. The zero-order valence-corrected chi connectivity index (χ0v) is 14.5. The fourth-order valence-corrected chi connectivity index (χ4v) is 4.27. The lowest BCUT2D eigenvalue weighted by molar-refractivity contribution is -0.0328. The Morgan fingerprint density at radius 1 is 1.15 bits per heavy atom. The van der Waals surface area contributed by atoms with Crippen LogP contribution >= 0.6 is 0 Å². The van der Waals surface area contributed by atoms with Crippen LogP contribution in [0.15, 0.2) is 0 Å². The van der Waals surface area contributed by atoms with Gasteiger partial charge >= 0.3 is 0 Å². The van der Waals surface area contributed by atoms with Crippen LogP contribution in [0.3, 0.4) is 0 Å². The highest BCUT2D eigenvalue weighted by Gasteiger charge is 2.39. The molecule has 2 nitrogen and oxygen atoms in total. The Bertz CT molecular complexity index is 318. The molecule has 2 fully saturated rings. The lowest BCUT2D eigenvalue weighted by Crippen LogP contribution is -2.42. The van der Waals surface area contributed by atoms with Crippen molar-refractivity contribution in [2.24, 2.45) is 17.3 Å². The summed E-state index contributed by atoms with van der Waals surface area (Å²) in [6, 6.07) is 0.695. The van der Waals surface area contributed by atoms with Crippen LogP contribution in [0.4, 0.5) is 0 Å². The van der Waals surface area contributed by atoms with E-state index in [0.29, 0.717) is 17.6 Å².